The van der Waals surface area contributed by atoms with Crippen molar-refractivity contribution in [2.45, 2.75) is 19.8 Å². The van der Waals surface area contributed by atoms with Gasteiger partial charge in [0.15, 0.2) is 0 Å². The zero-order valence-electron chi connectivity index (χ0n) is 14.3. The highest BCUT2D eigenvalue weighted by Crippen LogP contribution is 2.34. The van der Waals surface area contributed by atoms with Gasteiger partial charge in [-0.1, -0.05) is 6.07 Å². The summed E-state index contributed by atoms with van der Waals surface area (Å²) in [6, 6.07) is 5.74. The molecule has 2 aliphatic heterocycles. The number of nitrogens with two attached hydrogens (primary N) is 1. The molecule has 2 N–H and O–H groups in total. The number of anilines is 1. The summed E-state index contributed by atoms with van der Waals surface area (Å²) >= 11 is 0. The number of likely N-dealkylation sites (tertiary alicyclic amines) is 1. The van der Waals surface area contributed by atoms with Gasteiger partial charge >= 0.3 is 0 Å². The zero-order valence-corrected chi connectivity index (χ0v) is 14.3. The van der Waals surface area contributed by atoms with Crippen molar-refractivity contribution in [1.82, 2.24) is 4.90 Å². The Hall–Kier alpha value is -2.08. The summed E-state index contributed by atoms with van der Waals surface area (Å²) < 4.78 is 5.38. The van der Waals surface area contributed by atoms with Gasteiger partial charge < -0.3 is 20.3 Å². The van der Waals surface area contributed by atoms with Crippen LogP contribution in [0.25, 0.3) is 0 Å². The van der Waals surface area contributed by atoms with E-state index in [0.717, 1.165) is 24.2 Å². The number of carbonyl (C=O) groups is 2. The molecule has 2 saturated heterocycles. The normalized spacial score (nSPS) is 23.9. The zero-order chi connectivity index (χ0) is 17.3. The van der Waals surface area contributed by atoms with Gasteiger partial charge in [0, 0.05) is 26.1 Å². The molecule has 1 aromatic rings. The molecule has 2 amide bonds. The van der Waals surface area contributed by atoms with Crippen molar-refractivity contribution in [2.24, 2.45) is 17.6 Å². The van der Waals surface area contributed by atoms with Gasteiger partial charge in [0.05, 0.1) is 18.7 Å². The minimum atomic E-state index is -0.278. The number of amides is 2. The number of nitrogens with zero attached hydrogens (tertiary/aromatic N) is 2. The largest absolute Gasteiger partial charge is 0.495 e. The lowest BCUT2D eigenvalue weighted by Gasteiger charge is -2.22. The fourth-order valence-corrected chi connectivity index (χ4v) is 3.60. The molecule has 130 valence electrons. The first-order valence-corrected chi connectivity index (χ1v) is 8.47. The quantitative estimate of drug-likeness (QED) is 0.898. The van der Waals surface area contributed by atoms with Gasteiger partial charge in [0.1, 0.15) is 5.75 Å². The third-order valence-electron chi connectivity index (χ3n) is 5.03. The molecule has 24 heavy (non-hydrogen) atoms. The first-order valence-electron chi connectivity index (χ1n) is 8.47. The number of benzene rings is 1. The van der Waals surface area contributed by atoms with Crippen LogP contribution in [-0.2, 0) is 9.59 Å². The van der Waals surface area contributed by atoms with Crippen LogP contribution in [-0.4, -0.2) is 50.0 Å². The molecular weight excluding hydrogens is 306 g/mol. The van der Waals surface area contributed by atoms with Crippen LogP contribution in [0.4, 0.5) is 5.69 Å². The van der Waals surface area contributed by atoms with Crippen molar-refractivity contribution >= 4 is 17.5 Å². The van der Waals surface area contributed by atoms with Crippen LogP contribution in [0.2, 0.25) is 0 Å². The molecule has 0 aromatic heterocycles. The summed E-state index contributed by atoms with van der Waals surface area (Å²) in [6.45, 7) is 4.47. The molecular formula is C18H25N3O3. The van der Waals surface area contributed by atoms with Gasteiger partial charge in [-0.25, -0.2) is 0 Å². The van der Waals surface area contributed by atoms with E-state index in [4.69, 9.17) is 10.5 Å². The summed E-state index contributed by atoms with van der Waals surface area (Å²) in [7, 11) is 1.59. The molecule has 0 aliphatic carbocycles. The maximum absolute atomic E-state index is 12.7. The average Bonchev–Trinajstić information content (AvgIpc) is 3.20. The van der Waals surface area contributed by atoms with Crippen molar-refractivity contribution in [3.05, 3.63) is 23.8 Å². The fraction of sp³-hybridized carbons (Fsp3) is 0.556. The fourth-order valence-electron chi connectivity index (χ4n) is 3.60. The lowest BCUT2D eigenvalue weighted by Crippen LogP contribution is -2.36. The standard InChI is InChI=1S/C18H25N3O3/c1-12-3-4-16(24-2)15(7-12)21-11-14(8-17(21)22)18(23)20-6-5-13(9-19)10-20/h3-4,7,13-14H,5-6,8-11,19H2,1-2H3. The Labute approximate surface area is 142 Å². The molecule has 3 rings (SSSR count). The van der Waals surface area contributed by atoms with Crippen LogP contribution in [0, 0.1) is 18.8 Å². The van der Waals surface area contributed by atoms with E-state index in [0.29, 0.717) is 31.3 Å². The van der Waals surface area contributed by atoms with Crippen LogP contribution in [0.3, 0.4) is 0 Å². The van der Waals surface area contributed by atoms with Crippen molar-refractivity contribution in [3.63, 3.8) is 0 Å². The molecule has 1 aromatic carbocycles. The average molecular weight is 331 g/mol. The number of rotatable bonds is 4. The topological polar surface area (TPSA) is 75.9 Å². The second kappa shape index (κ2) is 6.81. The van der Waals surface area contributed by atoms with Crippen LogP contribution >= 0.6 is 0 Å². The highest BCUT2D eigenvalue weighted by Gasteiger charge is 2.39. The van der Waals surface area contributed by atoms with Crippen LogP contribution in [0.15, 0.2) is 18.2 Å². The Morgan fingerprint density at radius 1 is 1.38 bits per heavy atom. The lowest BCUT2D eigenvalue weighted by molar-refractivity contribution is -0.134. The minimum absolute atomic E-state index is 0.0215. The summed E-state index contributed by atoms with van der Waals surface area (Å²) in [5.41, 5.74) is 7.51. The number of ether oxygens (including phenoxy) is 1. The number of hydrogen-bond donors (Lipinski definition) is 1. The highest BCUT2D eigenvalue weighted by atomic mass is 16.5. The first kappa shape index (κ1) is 16.8. The van der Waals surface area contributed by atoms with Gasteiger partial charge in [0.2, 0.25) is 11.8 Å². The van der Waals surface area contributed by atoms with E-state index >= 15 is 0 Å². The number of methoxy groups -OCH3 is 1. The third-order valence-corrected chi connectivity index (χ3v) is 5.03. The smallest absolute Gasteiger partial charge is 0.228 e. The third kappa shape index (κ3) is 3.11. The Morgan fingerprint density at radius 2 is 2.17 bits per heavy atom. The lowest BCUT2D eigenvalue weighted by atomic mass is 10.1. The molecule has 0 radical (unpaired) electrons. The van der Waals surface area contributed by atoms with Crippen molar-refractivity contribution in [3.8, 4) is 5.75 Å². The van der Waals surface area contributed by atoms with Crippen LogP contribution < -0.4 is 15.4 Å². The van der Waals surface area contributed by atoms with E-state index in [1.807, 2.05) is 30.0 Å². The summed E-state index contributed by atoms with van der Waals surface area (Å²) in [5, 5.41) is 0. The van der Waals surface area contributed by atoms with E-state index in [9.17, 15) is 9.59 Å². The van der Waals surface area contributed by atoms with Crippen LogP contribution in [0.5, 0.6) is 5.75 Å². The molecule has 2 fully saturated rings. The molecule has 0 saturated carbocycles. The van der Waals surface area contributed by atoms with Crippen molar-refractivity contribution in [2.75, 3.05) is 38.2 Å². The van der Waals surface area contributed by atoms with E-state index in [1.54, 1.807) is 12.0 Å². The Balaban J connectivity index is 1.74. The molecule has 0 bridgehead atoms. The molecule has 2 aliphatic rings. The van der Waals surface area contributed by atoms with Gasteiger partial charge in [-0.15, -0.1) is 0 Å². The first-order chi connectivity index (χ1) is 11.5. The Bertz CT molecular complexity index is 646. The molecule has 6 nitrogen and oxygen atoms in total. The molecule has 2 atom stereocenters. The van der Waals surface area contributed by atoms with Crippen molar-refractivity contribution < 1.29 is 14.3 Å². The monoisotopic (exact) mass is 331 g/mol. The van der Waals surface area contributed by atoms with Gasteiger partial charge in [-0.3, -0.25) is 9.59 Å². The summed E-state index contributed by atoms with van der Waals surface area (Å²) in [4.78, 5) is 28.8. The molecule has 6 heteroatoms. The van der Waals surface area contributed by atoms with E-state index in [2.05, 4.69) is 0 Å². The second-order valence-corrected chi connectivity index (χ2v) is 6.76. The molecule has 2 unspecified atom stereocenters. The summed E-state index contributed by atoms with van der Waals surface area (Å²) in [5.74, 6) is 0.824. The van der Waals surface area contributed by atoms with Crippen LogP contribution in [0.1, 0.15) is 18.4 Å². The van der Waals surface area contributed by atoms with E-state index < -0.39 is 0 Å². The predicted molar refractivity (Wildman–Crippen MR) is 91.9 cm³/mol. The van der Waals surface area contributed by atoms with Crippen molar-refractivity contribution in [1.29, 1.82) is 0 Å². The number of aryl methyl sites for hydroxylation is 1. The highest BCUT2D eigenvalue weighted by molar-refractivity contribution is 6.01. The Morgan fingerprint density at radius 3 is 2.83 bits per heavy atom. The minimum Gasteiger partial charge on any atom is -0.495 e. The van der Waals surface area contributed by atoms with Gasteiger partial charge in [0.25, 0.3) is 0 Å². The van der Waals surface area contributed by atoms with E-state index in [-0.39, 0.29) is 24.2 Å². The number of carbonyl (C=O) groups excluding carboxylic acids is 2. The molecule has 2 heterocycles. The SMILES string of the molecule is COc1ccc(C)cc1N1CC(C(=O)N2CCC(CN)C2)CC1=O. The maximum atomic E-state index is 12.7. The van der Waals surface area contributed by atoms with Gasteiger partial charge in [-0.2, -0.15) is 0 Å². The molecule has 0 spiro atoms. The second-order valence-electron chi connectivity index (χ2n) is 6.76. The Kier molecular flexibility index (Phi) is 4.76. The maximum Gasteiger partial charge on any atom is 0.228 e. The van der Waals surface area contributed by atoms with Gasteiger partial charge in [-0.05, 0) is 43.5 Å². The summed E-state index contributed by atoms with van der Waals surface area (Å²) in [6.07, 6.45) is 1.22. The number of hydrogen-bond acceptors (Lipinski definition) is 4. The van der Waals surface area contributed by atoms with E-state index in [1.165, 1.54) is 0 Å². The predicted octanol–water partition coefficient (Wildman–Crippen LogP) is 1.16.